The second-order valence-electron chi connectivity index (χ2n) is 6.00. The van der Waals surface area contributed by atoms with E-state index in [-0.39, 0.29) is 17.9 Å². The number of carbonyl (C=O) groups is 3. The van der Waals surface area contributed by atoms with Crippen LogP contribution in [0.2, 0.25) is 0 Å². The molecule has 6 rings (SSSR count). The molecule has 0 aromatic heterocycles. The maximum Gasteiger partial charge on any atom is 0.233 e. The number of aliphatic hydroxyl groups excluding tert-OH is 1. The van der Waals surface area contributed by atoms with Crippen molar-refractivity contribution in [3.8, 4) is 0 Å². The molecule has 0 unspecified atom stereocenters. The Morgan fingerprint density at radius 1 is 1.30 bits per heavy atom. The summed E-state index contributed by atoms with van der Waals surface area (Å²) < 4.78 is 0. The van der Waals surface area contributed by atoms with E-state index in [4.69, 9.17) is 0 Å². The van der Waals surface area contributed by atoms with Crippen LogP contribution < -0.4 is 5.32 Å². The minimum absolute atomic E-state index is 0.0174. The van der Waals surface area contributed by atoms with Crippen molar-refractivity contribution in [2.24, 2.45) is 11.8 Å². The Balaban J connectivity index is 1.99. The zero-order valence-electron chi connectivity index (χ0n) is 11.5. The van der Waals surface area contributed by atoms with E-state index < -0.39 is 29.8 Å². The van der Waals surface area contributed by atoms with Crippen LogP contribution in [0.25, 0.3) is 0 Å². The van der Waals surface area contributed by atoms with Crippen LogP contribution >= 0.6 is 0 Å². The summed E-state index contributed by atoms with van der Waals surface area (Å²) in [6.45, 7) is 2.64. The van der Waals surface area contributed by atoms with E-state index in [0.29, 0.717) is 19.4 Å². The smallest absolute Gasteiger partial charge is 0.233 e. The quantitative estimate of drug-likeness (QED) is 0.679. The van der Waals surface area contributed by atoms with Crippen molar-refractivity contribution < 1.29 is 19.5 Å². The Hall–Kier alpha value is -1.43. The molecule has 110 valence electrons. The highest BCUT2D eigenvalue weighted by Gasteiger charge is 2.57. The normalized spacial score (nSPS) is 39.8. The molecule has 6 aliphatic rings. The van der Waals surface area contributed by atoms with Gasteiger partial charge in [0.25, 0.3) is 0 Å². The van der Waals surface area contributed by atoms with Crippen LogP contribution in [0.3, 0.4) is 0 Å². The van der Waals surface area contributed by atoms with Crippen LogP contribution in [0.4, 0.5) is 0 Å². The van der Waals surface area contributed by atoms with Gasteiger partial charge in [0.15, 0.2) is 5.78 Å². The van der Waals surface area contributed by atoms with Gasteiger partial charge in [0.2, 0.25) is 11.8 Å². The predicted molar refractivity (Wildman–Crippen MR) is 69.6 cm³/mol. The summed E-state index contributed by atoms with van der Waals surface area (Å²) in [7, 11) is 0. The number of aliphatic hydroxyl groups is 1. The molecule has 1 aliphatic carbocycles. The fraction of sp³-hybridized carbons (Fsp3) is 0.786. The summed E-state index contributed by atoms with van der Waals surface area (Å²) in [5.41, 5.74) is 0. The van der Waals surface area contributed by atoms with Gasteiger partial charge in [-0.2, -0.15) is 0 Å². The highest BCUT2D eigenvalue weighted by molar-refractivity contribution is 6.08. The maximum atomic E-state index is 12.6. The molecule has 2 N–H and O–H groups in total. The number of hydrogen-bond donors (Lipinski definition) is 2. The van der Waals surface area contributed by atoms with Crippen molar-refractivity contribution in [2.45, 2.75) is 50.8 Å². The van der Waals surface area contributed by atoms with Gasteiger partial charge in [0.1, 0.15) is 12.0 Å². The van der Waals surface area contributed by atoms with Crippen molar-refractivity contribution in [1.29, 1.82) is 0 Å². The molecular formula is C14H20N2O4. The first-order chi connectivity index (χ1) is 9.56. The average Bonchev–Trinajstić information content (AvgIpc) is 2.41. The zero-order valence-corrected chi connectivity index (χ0v) is 11.5. The molecule has 0 aromatic rings. The van der Waals surface area contributed by atoms with Gasteiger partial charge in [-0.25, -0.2) is 0 Å². The van der Waals surface area contributed by atoms with E-state index in [0.717, 1.165) is 12.8 Å². The Morgan fingerprint density at radius 3 is 2.75 bits per heavy atom. The van der Waals surface area contributed by atoms with Gasteiger partial charge in [-0.1, -0.05) is 13.3 Å². The number of rotatable bonds is 3. The lowest BCUT2D eigenvalue weighted by molar-refractivity contribution is -0.166. The summed E-state index contributed by atoms with van der Waals surface area (Å²) in [6.07, 6.45) is 1.90. The second kappa shape index (κ2) is 4.84. The molecule has 6 fully saturated rings. The van der Waals surface area contributed by atoms with Crippen molar-refractivity contribution in [3.05, 3.63) is 0 Å². The highest BCUT2D eigenvalue weighted by Crippen LogP contribution is 2.38. The molecule has 5 saturated heterocycles. The molecule has 5 heterocycles. The lowest BCUT2D eigenvalue weighted by atomic mass is 9.69. The van der Waals surface area contributed by atoms with Gasteiger partial charge >= 0.3 is 0 Å². The van der Waals surface area contributed by atoms with Crippen LogP contribution in [0.15, 0.2) is 0 Å². The number of piperidine rings is 2. The summed E-state index contributed by atoms with van der Waals surface area (Å²) in [4.78, 5) is 38.6. The highest BCUT2D eigenvalue weighted by atomic mass is 16.3. The number of carbonyl (C=O) groups excluding carboxylic acids is 3. The number of nitrogens with one attached hydrogen (secondary N) is 1. The number of Topliss-reactive ketones (excluding diaryl/α,β-unsaturated/α-hetero) is 1. The summed E-state index contributed by atoms with van der Waals surface area (Å²) >= 11 is 0. The van der Waals surface area contributed by atoms with E-state index >= 15 is 0 Å². The van der Waals surface area contributed by atoms with Gasteiger partial charge in [0, 0.05) is 6.54 Å². The third-order valence-corrected chi connectivity index (χ3v) is 4.87. The topological polar surface area (TPSA) is 86.7 Å². The van der Waals surface area contributed by atoms with Crippen molar-refractivity contribution in [2.75, 3.05) is 6.54 Å². The first kappa shape index (κ1) is 13.5. The molecule has 5 atom stereocenters. The molecule has 20 heavy (non-hydrogen) atoms. The van der Waals surface area contributed by atoms with Crippen LogP contribution in [-0.2, 0) is 14.4 Å². The number of unbranched alkanes of at least 4 members (excludes halogenated alkanes) is 1. The van der Waals surface area contributed by atoms with Gasteiger partial charge in [0.05, 0.1) is 18.0 Å². The third-order valence-electron chi connectivity index (χ3n) is 4.87. The minimum Gasteiger partial charge on any atom is -0.383 e. The number of hydrogen-bond acceptors (Lipinski definition) is 4. The molecule has 0 spiro atoms. The molecule has 0 aromatic carbocycles. The first-order valence-corrected chi connectivity index (χ1v) is 7.39. The average molecular weight is 280 g/mol. The third kappa shape index (κ3) is 1.78. The van der Waals surface area contributed by atoms with Crippen molar-refractivity contribution in [3.63, 3.8) is 0 Å². The van der Waals surface area contributed by atoms with E-state index in [9.17, 15) is 19.5 Å². The number of ketones is 1. The van der Waals surface area contributed by atoms with Crippen LogP contribution in [0.5, 0.6) is 0 Å². The van der Waals surface area contributed by atoms with E-state index in [1.807, 2.05) is 6.92 Å². The lowest BCUT2D eigenvalue weighted by Gasteiger charge is -2.51. The Morgan fingerprint density at radius 2 is 2.05 bits per heavy atom. The Bertz CT molecular complexity index is 464. The Labute approximate surface area is 117 Å². The van der Waals surface area contributed by atoms with Crippen LogP contribution in [0, 0.1) is 11.8 Å². The molecule has 5 aliphatic heterocycles. The molecule has 4 bridgehead atoms. The van der Waals surface area contributed by atoms with Gasteiger partial charge < -0.3 is 15.3 Å². The minimum atomic E-state index is -1.23. The molecule has 6 heteroatoms. The first-order valence-electron chi connectivity index (χ1n) is 7.39. The van der Waals surface area contributed by atoms with Gasteiger partial charge in [-0.3, -0.25) is 14.4 Å². The monoisotopic (exact) mass is 280 g/mol. The summed E-state index contributed by atoms with van der Waals surface area (Å²) in [6, 6.07) is -1.13. The molecule has 0 radical (unpaired) electrons. The van der Waals surface area contributed by atoms with Crippen LogP contribution in [0.1, 0.15) is 32.6 Å². The lowest BCUT2D eigenvalue weighted by Crippen LogP contribution is -2.72. The zero-order chi connectivity index (χ0) is 14.4. The molecule has 6 nitrogen and oxygen atoms in total. The fourth-order valence-corrected chi connectivity index (χ4v) is 3.80. The van der Waals surface area contributed by atoms with E-state index in [1.165, 1.54) is 0 Å². The second-order valence-corrected chi connectivity index (χ2v) is 6.00. The number of nitrogens with zero attached hydrogens (tertiary/aromatic N) is 1. The van der Waals surface area contributed by atoms with Crippen molar-refractivity contribution in [1.82, 2.24) is 10.2 Å². The van der Waals surface area contributed by atoms with Gasteiger partial charge in [-0.15, -0.1) is 0 Å². The maximum absolute atomic E-state index is 12.6. The Kier molecular flexibility index (Phi) is 3.28. The van der Waals surface area contributed by atoms with Crippen LogP contribution in [-0.4, -0.2) is 52.3 Å². The predicted octanol–water partition coefficient (Wildman–Crippen LogP) is -0.548. The number of amides is 2. The fourth-order valence-electron chi connectivity index (χ4n) is 3.80. The SMILES string of the molecule is CCCCN1C(=O)[C@H]2CC[C@@H]1[C@H]1C(=O)N[C@H]2[C@@H](O)C1=O. The summed E-state index contributed by atoms with van der Waals surface area (Å²) in [5, 5.41) is 12.7. The van der Waals surface area contributed by atoms with E-state index in [2.05, 4.69) is 5.32 Å². The molecular weight excluding hydrogens is 260 g/mol. The largest absolute Gasteiger partial charge is 0.383 e. The standard InChI is InChI=1S/C14H20N2O4/c1-2-3-6-16-8-5-4-7(14(16)20)10-12(18)11(17)9(8)13(19)15-10/h7-10,12,18H,2-6H2,1H3,(H,15,19)/t7-,8+,9+,10+,12+/m0/s1. The molecule has 2 amide bonds. The van der Waals surface area contributed by atoms with Crippen molar-refractivity contribution >= 4 is 17.6 Å². The van der Waals surface area contributed by atoms with E-state index in [1.54, 1.807) is 4.90 Å². The van der Waals surface area contributed by atoms with Gasteiger partial charge in [-0.05, 0) is 19.3 Å². The molecule has 1 saturated carbocycles. The summed E-state index contributed by atoms with van der Waals surface area (Å²) in [5.74, 6) is -2.12.